The summed E-state index contributed by atoms with van der Waals surface area (Å²) < 4.78 is 4.98. The Kier molecular flexibility index (Phi) is 3.63. The van der Waals surface area contributed by atoms with Gasteiger partial charge in [-0.25, -0.2) is 0 Å². The van der Waals surface area contributed by atoms with Crippen molar-refractivity contribution in [3.8, 4) is 11.8 Å². The number of hydrogen-bond donors (Lipinski definition) is 0. The van der Waals surface area contributed by atoms with Gasteiger partial charge in [-0.15, -0.1) is 0 Å². The maximum atomic E-state index is 10.6. The Labute approximate surface area is 94.6 Å². The van der Waals surface area contributed by atoms with E-state index in [2.05, 4.69) is 15.9 Å². The van der Waals surface area contributed by atoms with Gasteiger partial charge < -0.3 is 4.74 Å². The Morgan fingerprint density at radius 3 is 2.73 bits per heavy atom. The SMILES string of the molecule is COc1cc([N+](=O)[O-])cc(C#N)c1CBr. The minimum Gasteiger partial charge on any atom is -0.496 e. The molecule has 0 aliphatic heterocycles. The van der Waals surface area contributed by atoms with Gasteiger partial charge in [0.15, 0.2) is 0 Å². The van der Waals surface area contributed by atoms with Gasteiger partial charge in [0.2, 0.25) is 0 Å². The molecule has 0 aliphatic rings. The molecule has 1 aromatic rings. The van der Waals surface area contributed by atoms with Crippen molar-refractivity contribution in [1.29, 1.82) is 5.26 Å². The molecule has 6 heteroatoms. The Morgan fingerprint density at radius 2 is 2.33 bits per heavy atom. The molecule has 0 amide bonds. The molecule has 78 valence electrons. The summed E-state index contributed by atoms with van der Waals surface area (Å²) in [6.45, 7) is 0. The van der Waals surface area contributed by atoms with Crippen molar-refractivity contribution < 1.29 is 9.66 Å². The summed E-state index contributed by atoms with van der Waals surface area (Å²) in [4.78, 5) is 10.0. The van der Waals surface area contributed by atoms with Crippen molar-refractivity contribution in [2.45, 2.75) is 5.33 Å². The van der Waals surface area contributed by atoms with Crippen LogP contribution in [0, 0.1) is 21.4 Å². The molecule has 0 N–H and O–H groups in total. The first-order chi connectivity index (χ1) is 7.13. The van der Waals surface area contributed by atoms with Gasteiger partial charge >= 0.3 is 0 Å². The fourth-order valence-corrected chi connectivity index (χ4v) is 1.73. The van der Waals surface area contributed by atoms with Crippen LogP contribution in [0.5, 0.6) is 5.75 Å². The van der Waals surface area contributed by atoms with E-state index < -0.39 is 4.92 Å². The first-order valence-corrected chi connectivity index (χ1v) is 5.07. The first-order valence-electron chi connectivity index (χ1n) is 3.95. The van der Waals surface area contributed by atoms with Crippen molar-refractivity contribution in [1.82, 2.24) is 0 Å². The number of rotatable bonds is 3. The van der Waals surface area contributed by atoms with E-state index in [9.17, 15) is 10.1 Å². The molecule has 15 heavy (non-hydrogen) atoms. The van der Waals surface area contributed by atoms with Crippen LogP contribution >= 0.6 is 15.9 Å². The van der Waals surface area contributed by atoms with Crippen LogP contribution in [0.4, 0.5) is 5.69 Å². The largest absolute Gasteiger partial charge is 0.496 e. The maximum Gasteiger partial charge on any atom is 0.274 e. The third-order valence-electron chi connectivity index (χ3n) is 1.88. The molecule has 0 aliphatic carbocycles. The minimum absolute atomic E-state index is 0.145. The molecule has 0 unspecified atom stereocenters. The number of benzene rings is 1. The third kappa shape index (κ3) is 2.25. The smallest absolute Gasteiger partial charge is 0.274 e. The second kappa shape index (κ2) is 4.75. The van der Waals surface area contributed by atoms with Crippen LogP contribution in [0.25, 0.3) is 0 Å². The lowest BCUT2D eigenvalue weighted by molar-refractivity contribution is -0.385. The van der Waals surface area contributed by atoms with Crippen LogP contribution in [0.15, 0.2) is 12.1 Å². The molecular weight excluding hydrogens is 264 g/mol. The number of nitriles is 1. The van der Waals surface area contributed by atoms with E-state index in [-0.39, 0.29) is 11.3 Å². The zero-order valence-electron chi connectivity index (χ0n) is 7.86. The highest BCUT2D eigenvalue weighted by Crippen LogP contribution is 2.29. The monoisotopic (exact) mass is 270 g/mol. The fraction of sp³-hybridized carbons (Fsp3) is 0.222. The molecule has 0 aromatic heterocycles. The van der Waals surface area contributed by atoms with E-state index in [0.717, 1.165) is 0 Å². The van der Waals surface area contributed by atoms with Crippen LogP contribution < -0.4 is 4.74 Å². The van der Waals surface area contributed by atoms with Crippen molar-refractivity contribution in [3.63, 3.8) is 0 Å². The van der Waals surface area contributed by atoms with E-state index in [1.165, 1.54) is 19.2 Å². The minimum atomic E-state index is -0.554. The molecule has 1 rings (SSSR count). The predicted octanol–water partition coefficient (Wildman–Crippen LogP) is 2.37. The molecule has 0 saturated carbocycles. The van der Waals surface area contributed by atoms with E-state index in [1.54, 1.807) is 0 Å². The summed E-state index contributed by atoms with van der Waals surface area (Å²) in [7, 11) is 1.41. The molecule has 0 saturated heterocycles. The van der Waals surface area contributed by atoms with E-state index in [1.807, 2.05) is 6.07 Å². The Morgan fingerprint density at radius 1 is 1.67 bits per heavy atom. The summed E-state index contributed by atoms with van der Waals surface area (Å²) in [6.07, 6.45) is 0. The molecular formula is C9H7BrN2O3. The topological polar surface area (TPSA) is 76.2 Å². The zero-order chi connectivity index (χ0) is 11.4. The van der Waals surface area contributed by atoms with Gasteiger partial charge in [-0.05, 0) is 0 Å². The van der Waals surface area contributed by atoms with E-state index in [4.69, 9.17) is 10.00 Å². The van der Waals surface area contributed by atoms with Crippen LogP contribution in [-0.4, -0.2) is 12.0 Å². The van der Waals surface area contributed by atoms with Crippen LogP contribution in [-0.2, 0) is 5.33 Å². The summed E-state index contributed by atoms with van der Waals surface area (Å²) in [6, 6.07) is 4.44. The van der Waals surface area contributed by atoms with Gasteiger partial charge in [-0.2, -0.15) is 5.26 Å². The number of non-ortho nitro benzene ring substituents is 1. The highest BCUT2D eigenvalue weighted by atomic mass is 79.9. The average Bonchev–Trinajstić information content (AvgIpc) is 2.26. The lowest BCUT2D eigenvalue weighted by Crippen LogP contribution is -1.97. The lowest BCUT2D eigenvalue weighted by Gasteiger charge is -2.07. The Hall–Kier alpha value is -1.61. The van der Waals surface area contributed by atoms with Crippen LogP contribution in [0.2, 0.25) is 0 Å². The van der Waals surface area contributed by atoms with Gasteiger partial charge in [0, 0.05) is 17.0 Å². The second-order valence-electron chi connectivity index (χ2n) is 2.68. The first kappa shape index (κ1) is 11.5. The summed E-state index contributed by atoms with van der Waals surface area (Å²) in [5.41, 5.74) is 0.719. The number of nitro groups is 1. The number of alkyl halides is 1. The third-order valence-corrected chi connectivity index (χ3v) is 2.44. The molecule has 0 atom stereocenters. The van der Waals surface area contributed by atoms with Gasteiger partial charge in [0.1, 0.15) is 5.75 Å². The average molecular weight is 271 g/mol. The fourth-order valence-electron chi connectivity index (χ4n) is 1.16. The number of nitro benzene ring substituents is 1. The predicted molar refractivity (Wildman–Crippen MR) is 57.0 cm³/mol. The molecule has 0 spiro atoms. The number of methoxy groups -OCH3 is 1. The Balaban J connectivity index is 3.44. The summed E-state index contributed by atoms with van der Waals surface area (Å²) in [5, 5.41) is 19.8. The number of halogens is 1. The van der Waals surface area contributed by atoms with Gasteiger partial charge in [0.05, 0.1) is 29.7 Å². The molecule has 1 aromatic carbocycles. The number of hydrogen-bond acceptors (Lipinski definition) is 4. The van der Waals surface area contributed by atoms with Crippen LogP contribution in [0.3, 0.4) is 0 Å². The van der Waals surface area contributed by atoms with E-state index in [0.29, 0.717) is 16.6 Å². The molecule has 0 bridgehead atoms. The van der Waals surface area contributed by atoms with Crippen molar-refractivity contribution >= 4 is 21.6 Å². The molecule has 0 radical (unpaired) electrons. The standard InChI is InChI=1S/C9H7BrN2O3/c1-15-9-3-7(12(13)14)2-6(5-11)8(9)4-10/h2-3H,4H2,1H3. The Bertz CT molecular complexity index is 440. The second-order valence-corrected chi connectivity index (χ2v) is 3.24. The van der Waals surface area contributed by atoms with Gasteiger partial charge in [-0.3, -0.25) is 10.1 Å². The summed E-state index contributed by atoms with van der Waals surface area (Å²) in [5.74, 6) is 0.345. The van der Waals surface area contributed by atoms with Crippen molar-refractivity contribution in [3.05, 3.63) is 33.4 Å². The van der Waals surface area contributed by atoms with Gasteiger partial charge in [0.25, 0.3) is 5.69 Å². The lowest BCUT2D eigenvalue weighted by atomic mass is 10.1. The van der Waals surface area contributed by atoms with Crippen LogP contribution in [0.1, 0.15) is 11.1 Å². The van der Waals surface area contributed by atoms with Crippen molar-refractivity contribution in [2.75, 3.05) is 7.11 Å². The number of ether oxygens (including phenoxy) is 1. The molecule has 0 heterocycles. The maximum absolute atomic E-state index is 10.6. The highest BCUT2D eigenvalue weighted by Gasteiger charge is 2.16. The number of nitrogens with zero attached hydrogens (tertiary/aromatic N) is 2. The highest BCUT2D eigenvalue weighted by molar-refractivity contribution is 9.08. The summed E-state index contributed by atoms with van der Waals surface area (Å²) >= 11 is 3.20. The molecule has 5 nitrogen and oxygen atoms in total. The van der Waals surface area contributed by atoms with Crippen molar-refractivity contribution in [2.24, 2.45) is 0 Å². The zero-order valence-corrected chi connectivity index (χ0v) is 9.44. The van der Waals surface area contributed by atoms with E-state index >= 15 is 0 Å². The molecule has 0 fully saturated rings. The van der Waals surface area contributed by atoms with Gasteiger partial charge in [-0.1, -0.05) is 15.9 Å². The quantitative estimate of drug-likeness (QED) is 0.480. The normalized spacial score (nSPS) is 9.40.